The highest BCUT2D eigenvalue weighted by Crippen LogP contribution is 2.30. The number of hydrogen-bond acceptors (Lipinski definition) is 4. The van der Waals surface area contributed by atoms with Gasteiger partial charge in [-0.3, -0.25) is 0 Å². The van der Waals surface area contributed by atoms with Crippen LogP contribution in [0.5, 0.6) is 0 Å². The van der Waals surface area contributed by atoms with Gasteiger partial charge in [-0.25, -0.2) is 13.4 Å². The first kappa shape index (κ1) is 32.7. The zero-order chi connectivity index (χ0) is 35.8. The fourth-order valence-corrected chi connectivity index (χ4v) is 6.26. The number of benzene rings is 4. The standard InChI is InChI=1S/C44H28ClFN4O2/c1-2-44(52,36-8-4-6-32(24-36)34-19-22-50-40(26-34)27-41(47-50)29-9-13-37(45)14-10-29)20-17-43(51)35-7-3-5-31(23-35)33-18-21-49-39(25-33)28-42(48-49)30-11-15-38(46)16-12-30/h1,3-16,18-19,21-28,43,51-52H. The first-order chi connectivity index (χ1) is 25.2. The van der Waals surface area contributed by atoms with E-state index >= 15 is 0 Å². The lowest BCUT2D eigenvalue weighted by atomic mass is 9.91. The van der Waals surface area contributed by atoms with E-state index in [9.17, 15) is 14.6 Å². The van der Waals surface area contributed by atoms with Crippen molar-refractivity contribution in [1.82, 2.24) is 19.2 Å². The quantitative estimate of drug-likeness (QED) is 0.170. The fraction of sp³-hybridized carbons (Fsp3) is 0.0455. The van der Waals surface area contributed by atoms with Crippen molar-refractivity contribution in [3.8, 4) is 69.0 Å². The number of aromatic nitrogens is 4. The highest BCUT2D eigenvalue weighted by atomic mass is 35.5. The normalized spacial score (nSPS) is 12.9. The van der Waals surface area contributed by atoms with Gasteiger partial charge in [0.2, 0.25) is 5.60 Å². The molecular formula is C44H28ClFN4O2. The summed E-state index contributed by atoms with van der Waals surface area (Å²) in [4.78, 5) is 0. The molecule has 4 aromatic carbocycles. The van der Waals surface area contributed by atoms with E-state index in [1.807, 2.05) is 103 Å². The molecule has 2 N–H and O–H groups in total. The third-order valence-corrected chi connectivity index (χ3v) is 9.21. The van der Waals surface area contributed by atoms with Crippen molar-refractivity contribution in [2.24, 2.45) is 0 Å². The van der Waals surface area contributed by atoms with Crippen LogP contribution in [-0.2, 0) is 5.60 Å². The number of fused-ring (bicyclic) bond motifs is 2. The van der Waals surface area contributed by atoms with Gasteiger partial charge in [-0.1, -0.05) is 72.0 Å². The first-order valence-electron chi connectivity index (χ1n) is 16.4. The van der Waals surface area contributed by atoms with Gasteiger partial charge in [-0.2, -0.15) is 10.2 Å². The van der Waals surface area contributed by atoms with E-state index in [1.165, 1.54) is 12.1 Å². The number of pyridine rings is 2. The Labute approximate surface area is 304 Å². The Hall–Kier alpha value is -6.48. The Balaban J connectivity index is 1.03. The van der Waals surface area contributed by atoms with Crippen molar-refractivity contribution < 1.29 is 14.6 Å². The number of terminal acetylenes is 1. The molecule has 8 rings (SSSR count). The molecule has 250 valence electrons. The van der Waals surface area contributed by atoms with E-state index in [-0.39, 0.29) is 5.82 Å². The van der Waals surface area contributed by atoms with Gasteiger partial charge in [0.25, 0.3) is 0 Å². The number of hydrogen-bond donors (Lipinski definition) is 2. The molecule has 0 aliphatic heterocycles. The lowest BCUT2D eigenvalue weighted by Crippen LogP contribution is -2.21. The monoisotopic (exact) mass is 698 g/mol. The summed E-state index contributed by atoms with van der Waals surface area (Å²) in [6, 6.07) is 40.2. The van der Waals surface area contributed by atoms with Crippen LogP contribution in [0.25, 0.3) is 55.8 Å². The van der Waals surface area contributed by atoms with Crippen LogP contribution in [0.15, 0.2) is 146 Å². The maximum atomic E-state index is 13.4. The largest absolute Gasteiger partial charge is 0.376 e. The molecule has 0 amide bonds. The molecule has 0 radical (unpaired) electrons. The molecule has 8 aromatic rings. The van der Waals surface area contributed by atoms with Crippen LogP contribution in [-0.4, -0.2) is 29.4 Å². The SMILES string of the molecule is C#CC(O)(C#CC(O)c1cccc(-c2ccn3nc(-c4ccc(F)cc4)cc3c2)c1)c1cccc(-c2ccn3nc(-c4ccc(Cl)cc4)cc3c2)c1. The highest BCUT2D eigenvalue weighted by molar-refractivity contribution is 6.30. The summed E-state index contributed by atoms with van der Waals surface area (Å²) in [6.45, 7) is 0. The van der Waals surface area contributed by atoms with E-state index < -0.39 is 11.7 Å². The molecule has 52 heavy (non-hydrogen) atoms. The van der Waals surface area contributed by atoms with E-state index in [2.05, 4.69) is 28.0 Å². The number of aliphatic hydroxyl groups is 2. The predicted molar refractivity (Wildman–Crippen MR) is 203 cm³/mol. The number of aliphatic hydroxyl groups excluding tert-OH is 1. The fourth-order valence-electron chi connectivity index (χ4n) is 6.13. The molecule has 0 saturated heterocycles. The van der Waals surface area contributed by atoms with Gasteiger partial charge in [0.15, 0.2) is 0 Å². The molecule has 4 aromatic heterocycles. The Morgan fingerprint density at radius 1 is 0.654 bits per heavy atom. The van der Waals surface area contributed by atoms with Crippen molar-refractivity contribution >= 4 is 22.6 Å². The topological polar surface area (TPSA) is 75.1 Å². The molecular weight excluding hydrogens is 671 g/mol. The van der Waals surface area contributed by atoms with Crippen LogP contribution in [0.1, 0.15) is 17.2 Å². The van der Waals surface area contributed by atoms with E-state index in [0.717, 1.165) is 55.8 Å². The van der Waals surface area contributed by atoms with Crippen LogP contribution < -0.4 is 0 Å². The van der Waals surface area contributed by atoms with Gasteiger partial charge in [-0.05, 0) is 119 Å². The van der Waals surface area contributed by atoms with Crippen molar-refractivity contribution in [3.05, 3.63) is 168 Å². The molecule has 0 aliphatic carbocycles. The molecule has 2 unspecified atom stereocenters. The molecule has 0 saturated carbocycles. The summed E-state index contributed by atoms with van der Waals surface area (Å²) in [5.74, 6) is 7.67. The number of halogens is 2. The lowest BCUT2D eigenvalue weighted by molar-refractivity contribution is 0.163. The lowest BCUT2D eigenvalue weighted by Gasteiger charge is -2.17. The Bertz CT molecular complexity index is 2720. The van der Waals surface area contributed by atoms with Crippen LogP contribution >= 0.6 is 11.6 Å². The maximum Gasteiger partial charge on any atom is 0.213 e. The second kappa shape index (κ2) is 13.3. The van der Waals surface area contributed by atoms with Gasteiger partial charge in [0, 0.05) is 34.1 Å². The van der Waals surface area contributed by atoms with Gasteiger partial charge < -0.3 is 10.2 Å². The molecule has 0 bridgehead atoms. The summed E-state index contributed by atoms with van der Waals surface area (Å²) in [5, 5.41) is 32.6. The summed E-state index contributed by atoms with van der Waals surface area (Å²) >= 11 is 6.06. The minimum absolute atomic E-state index is 0.301. The third-order valence-electron chi connectivity index (χ3n) is 8.95. The van der Waals surface area contributed by atoms with Crippen molar-refractivity contribution in [1.29, 1.82) is 0 Å². The van der Waals surface area contributed by atoms with Gasteiger partial charge >= 0.3 is 0 Å². The molecule has 8 heteroatoms. The summed E-state index contributed by atoms with van der Waals surface area (Å²) in [6.07, 6.45) is 8.38. The highest BCUT2D eigenvalue weighted by Gasteiger charge is 2.25. The second-order valence-corrected chi connectivity index (χ2v) is 12.8. The Morgan fingerprint density at radius 2 is 1.19 bits per heavy atom. The van der Waals surface area contributed by atoms with Crippen molar-refractivity contribution in [3.63, 3.8) is 0 Å². The summed E-state index contributed by atoms with van der Waals surface area (Å²) in [7, 11) is 0. The van der Waals surface area contributed by atoms with Crippen molar-refractivity contribution in [2.45, 2.75) is 11.7 Å². The Kier molecular flexibility index (Phi) is 8.39. The number of rotatable bonds is 6. The molecule has 2 atom stereocenters. The number of nitrogens with zero attached hydrogens (tertiary/aromatic N) is 4. The molecule has 0 fully saturated rings. The zero-order valence-corrected chi connectivity index (χ0v) is 28.2. The zero-order valence-electron chi connectivity index (χ0n) is 27.5. The second-order valence-electron chi connectivity index (χ2n) is 12.4. The first-order valence-corrected chi connectivity index (χ1v) is 16.8. The molecule has 6 nitrogen and oxygen atoms in total. The summed E-state index contributed by atoms with van der Waals surface area (Å²) in [5.41, 5.74) is 7.58. The van der Waals surface area contributed by atoms with E-state index in [1.54, 1.807) is 39.4 Å². The Morgan fingerprint density at radius 3 is 1.79 bits per heavy atom. The average Bonchev–Trinajstić information content (AvgIpc) is 3.81. The van der Waals surface area contributed by atoms with Gasteiger partial charge in [0.1, 0.15) is 11.9 Å². The van der Waals surface area contributed by atoms with E-state index in [4.69, 9.17) is 18.0 Å². The molecule has 4 heterocycles. The van der Waals surface area contributed by atoms with E-state index in [0.29, 0.717) is 16.1 Å². The molecule has 0 spiro atoms. The van der Waals surface area contributed by atoms with Gasteiger partial charge in [0.05, 0.1) is 22.4 Å². The minimum atomic E-state index is -1.95. The smallest absolute Gasteiger partial charge is 0.213 e. The van der Waals surface area contributed by atoms with Crippen LogP contribution in [0.4, 0.5) is 4.39 Å². The van der Waals surface area contributed by atoms with Crippen LogP contribution in [0.3, 0.4) is 0 Å². The maximum absolute atomic E-state index is 13.4. The van der Waals surface area contributed by atoms with Gasteiger partial charge in [-0.15, -0.1) is 6.42 Å². The van der Waals surface area contributed by atoms with Crippen molar-refractivity contribution in [2.75, 3.05) is 0 Å². The summed E-state index contributed by atoms with van der Waals surface area (Å²) < 4.78 is 17.0. The average molecular weight is 699 g/mol. The van der Waals surface area contributed by atoms with Crippen LogP contribution in [0.2, 0.25) is 5.02 Å². The predicted octanol–water partition coefficient (Wildman–Crippen LogP) is 9.00. The third kappa shape index (κ3) is 6.44. The molecule has 0 aliphatic rings. The van der Waals surface area contributed by atoms with Crippen LogP contribution in [0, 0.1) is 30.0 Å². The minimum Gasteiger partial charge on any atom is -0.376 e.